The summed E-state index contributed by atoms with van der Waals surface area (Å²) < 4.78 is 10.8. The van der Waals surface area contributed by atoms with E-state index in [2.05, 4.69) is 4.98 Å². The molecule has 6 nitrogen and oxygen atoms in total. The lowest BCUT2D eigenvalue weighted by atomic mass is 10.1. The van der Waals surface area contributed by atoms with Gasteiger partial charge in [0.25, 0.3) is 11.5 Å². The van der Waals surface area contributed by atoms with E-state index in [9.17, 15) is 9.59 Å². The monoisotopic (exact) mass is 372 g/mol. The van der Waals surface area contributed by atoms with Crippen LogP contribution in [-0.4, -0.2) is 36.1 Å². The second-order valence-electron chi connectivity index (χ2n) is 6.99. The number of ether oxygens (including phenoxy) is 2. The van der Waals surface area contributed by atoms with E-state index in [0.717, 1.165) is 11.3 Å². The maximum absolute atomic E-state index is 13.1. The van der Waals surface area contributed by atoms with Gasteiger partial charge in [-0.1, -0.05) is 26.0 Å². The van der Waals surface area contributed by atoms with Gasteiger partial charge in [0.05, 0.1) is 20.8 Å². The van der Waals surface area contributed by atoms with Crippen molar-refractivity contribution in [1.29, 1.82) is 0 Å². The number of nitrogens with one attached hydrogen (secondary N) is 1. The lowest BCUT2D eigenvalue weighted by Gasteiger charge is -2.27. The molecule has 0 fully saturated rings. The van der Waals surface area contributed by atoms with Gasteiger partial charge in [0.2, 0.25) is 0 Å². The molecule has 1 N–H and O–H groups in total. The highest BCUT2D eigenvalue weighted by atomic mass is 16.5. The van der Waals surface area contributed by atoms with Gasteiger partial charge in [-0.15, -0.1) is 0 Å². The summed E-state index contributed by atoms with van der Waals surface area (Å²) in [4.78, 5) is 30.0. The molecule has 6 heteroatoms. The van der Waals surface area contributed by atoms with Crippen molar-refractivity contribution in [1.82, 2.24) is 9.88 Å². The third-order valence-corrected chi connectivity index (χ3v) is 4.49. The molecule has 1 aromatic heterocycles. The molecular formula is C21H28N2O4. The van der Waals surface area contributed by atoms with Crippen molar-refractivity contribution >= 4 is 5.91 Å². The number of rotatable bonds is 7. The van der Waals surface area contributed by atoms with Gasteiger partial charge in [-0.05, 0) is 38.0 Å². The van der Waals surface area contributed by atoms with Crippen LogP contribution < -0.4 is 15.0 Å². The van der Waals surface area contributed by atoms with Crippen molar-refractivity contribution in [2.75, 3.05) is 14.2 Å². The number of H-pyrrole nitrogens is 1. The number of carbonyl (C=O) groups is 1. The minimum atomic E-state index is -0.366. The van der Waals surface area contributed by atoms with E-state index in [-0.39, 0.29) is 29.0 Å². The molecule has 0 aliphatic rings. The highest BCUT2D eigenvalue weighted by Crippen LogP contribution is 2.32. The van der Waals surface area contributed by atoms with E-state index < -0.39 is 0 Å². The Labute approximate surface area is 160 Å². The lowest BCUT2D eigenvalue weighted by Crippen LogP contribution is -2.39. The molecule has 1 aromatic carbocycles. The fraction of sp³-hybridized carbons (Fsp3) is 0.429. The summed E-state index contributed by atoms with van der Waals surface area (Å²) in [6, 6.07) is 8.84. The van der Waals surface area contributed by atoms with Crippen LogP contribution in [0.5, 0.6) is 11.5 Å². The standard InChI is InChI=1S/C21H28N2O4/c1-13(2)17-11-10-16(20(24)22-17)21(25)23(14(3)4)12-15-8-7-9-18(26-5)19(15)27-6/h7-11,13-14H,12H2,1-6H3,(H,22,24). The Kier molecular flexibility index (Phi) is 6.66. The molecule has 0 saturated heterocycles. The Balaban J connectivity index is 2.39. The van der Waals surface area contributed by atoms with E-state index in [1.165, 1.54) is 0 Å². The summed E-state index contributed by atoms with van der Waals surface area (Å²) in [6.07, 6.45) is 0. The average molecular weight is 372 g/mol. The molecule has 0 bridgehead atoms. The lowest BCUT2D eigenvalue weighted by molar-refractivity contribution is 0.0686. The van der Waals surface area contributed by atoms with Gasteiger partial charge in [-0.2, -0.15) is 0 Å². The van der Waals surface area contributed by atoms with Gasteiger partial charge in [0.15, 0.2) is 11.5 Å². The number of hydrogen-bond donors (Lipinski definition) is 1. The molecule has 146 valence electrons. The smallest absolute Gasteiger partial charge is 0.261 e. The second-order valence-corrected chi connectivity index (χ2v) is 6.99. The van der Waals surface area contributed by atoms with Crippen LogP contribution in [0.15, 0.2) is 35.1 Å². The van der Waals surface area contributed by atoms with Crippen molar-refractivity contribution in [3.63, 3.8) is 0 Å². The number of hydrogen-bond acceptors (Lipinski definition) is 4. The van der Waals surface area contributed by atoms with Gasteiger partial charge in [0.1, 0.15) is 5.56 Å². The molecule has 0 saturated carbocycles. The minimum absolute atomic E-state index is 0.0995. The quantitative estimate of drug-likeness (QED) is 0.807. The number of nitrogens with zero attached hydrogens (tertiary/aromatic N) is 1. The minimum Gasteiger partial charge on any atom is -0.493 e. The summed E-state index contributed by atoms with van der Waals surface area (Å²) in [5, 5.41) is 0. The third kappa shape index (κ3) is 4.51. The van der Waals surface area contributed by atoms with Crippen molar-refractivity contribution in [3.8, 4) is 11.5 Å². The highest BCUT2D eigenvalue weighted by molar-refractivity contribution is 5.94. The van der Waals surface area contributed by atoms with Crippen molar-refractivity contribution in [2.45, 2.75) is 46.2 Å². The molecule has 1 amide bonds. The van der Waals surface area contributed by atoms with E-state index >= 15 is 0 Å². The zero-order chi connectivity index (χ0) is 20.1. The second kappa shape index (κ2) is 8.75. The summed E-state index contributed by atoms with van der Waals surface area (Å²) in [5.74, 6) is 1.06. The molecule has 27 heavy (non-hydrogen) atoms. The van der Waals surface area contributed by atoms with Crippen LogP contribution in [0.25, 0.3) is 0 Å². The van der Waals surface area contributed by atoms with E-state index in [1.54, 1.807) is 37.3 Å². The van der Waals surface area contributed by atoms with Crippen LogP contribution in [0.1, 0.15) is 55.2 Å². The summed E-state index contributed by atoms with van der Waals surface area (Å²) in [5.41, 5.74) is 1.39. The van der Waals surface area contributed by atoms with Gasteiger partial charge in [-0.25, -0.2) is 0 Å². The maximum atomic E-state index is 13.1. The van der Waals surface area contributed by atoms with Crippen LogP contribution >= 0.6 is 0 Å². The van der Waals surface area contributed by atoms with E-state index in [4.69, 9.17) is 9.47 Å². The molecule has 0 unspecified atom stereocenters. The fourth-order valence-corrected chi connectivity index (χ4v) is 2.90. The first-order chi connectivity index (χ1) is 12.8. The first-order valence-electron chi connectivity index (χ1n) is 9.04. The van der Waals surface area contributed by atoms with Gasteiger partial charge < -0.3 is 19.4 Å². The van der Waals surface area contributed by atoms with E-state index in [1.807, 2.05) is 39.8 Å². The molecule has 0 aliphatic heterocycles. The highest BCUT2D eigenvalue weighted by Gasteiger charge is 2.24. The molecule has 0 spiro atoms. The zero-order valence-corrected chi connectivity index (χ0v) is 16.8. The van der Waals surface area contributed by atoms with Gasteiger partial charge in [0, 0.05) is 17.3 Å². The van der Waals surface area contributed by atoms with Crippen LogP contribution in [0.3, 0.4) is 0 Å². The van der Waals surface area contributed by atoms with Crippen LogP contribution in [0.4, 0.5) is 0 Å². The summed E-state index contributed by atoms with van der Waals surface area (Å²) >= 11 is 0. The summed E-state index contributed by atoms with van der Waals surface area (Å²) in [6.45, 7) is 8.12. The largest absolute Gasteiger partial charge is 0.493 e. The molecular weight excluding hydrogens is 344 g/mol. The number of aromatic nitrogens is 1. The topological polar surface area (TPSA) is 71.6 Å². The number of methoxy groups -OCH3 is 2. The Morgan fingerprint density at radius 1 is 1.07 bits per heavy atom. The Bertz CT molecular complexity index is 856. The van der Waals surface area contributed by atoms with Crippen molar-refractivity contribution in [3.05, 3.63) is 57.5 Å². The number of para-hydroxylation sites is 1. The van der Waals surface area contributed by atoms with E-state index in [0.29, 0.717) is 18.0 Å². The number of benzene rings is 1. The number of amides is 1. The van der Waals surface area contributed by atoms with Crippen molar-refractivity contribution < 1.29 is 14.3 Å². The first kappa shape index (κ1) is 20.6. The normalized spacial score (nSPS) is 11.0. The molecule has 0 aliphatic carbocycles. The predicted octanol–water partition coefficient (Wildman–Crippen LogP) is 3.57. The maximum Gasteiger partial charge on any atom is 0.261 e. The number of pyridine rings is 1. The Morgan fingerprint density at radius 2 is 1.78 bits per heavy atom. The average Bonchev–Trinajstić information content (AvgIpc) is 2.64. The van der Waals surface area contributed by atoms with Crippen molar-refractivity contribution in [2.24, 2.45) is 0 Å². The molecule has 0 radical (unpaired) electrons. The zero-order valence-electron chi connectivity index (χ0n) is 16.8. The van der Waals surface area contributed by atoms with Gasteiger partial charge >= 0.3 is 0 Å². The first-order valence-corrected chi connectivity index (χ1v) is 9.04. The molecule has 2 rings (SSSR count). The summed E-state index contributed by atoms with van der Waals surface area (Å²) in [7, 11) is 3.14. The van der Waals surface area contributed by atoms with Crippen LogP contribution in [-0.2, 0) is 6.54 Å². The Hall–Kier alpha value is -2.76. The number of carbonyl (C=O) groups excluding carboxylic acids is 1. The van der Waals surface area contributed by atoms with Crippen LogP contribution in [0.2, 0.25) is 0 Å². The Morgan fingerprint density at radius 3 is 2.30 bits per heavy atom. The molecule has 2 aromatic rings. The molecule has 0 atom stereocenters. The molecule has 1 heterocycles. The van der Waals surface area contributed by atoms with Crippen LogP contribution in [0, 0.1) is 0 Å². The number of aromatic amines is 1. The predicted molar refractivity (Wildman–Crippen MR) is 106 cm³/mol. The third-order valence-electron chi connectivity index (χ3n) is 4.49. The fourth-order valence-electron chi connectivity index (χ4n) is 2.90. The SMILES string of the molecule is COc1cccc(CN(C(=O)c2ccc(C(C)C)[nH]c2=O)C(C)C)c1OC. The van der Waals surface area contributed by atoms with Gasteiger partial charge in [-0.3, -0.25) is 9.59 Å².